The van der Waals surface area contributed by atoms with Gasteiger partial charge in [-0.25, -0.2) is 0 Å². The van der Waals surface area contributed by atoms with Gasteiger partial charge < -0.3 is 24.8 Å². The van der Waals surface area contributed by atoms with E-state index in [-0.39, 0.29) is 93.1 Å². The van der Waals surface area contributed by atoms with Crippen molar-refractivity contribution in [1.82, 2.24) is 0 Å². The summed E-state index contributed by atoms with van der Waals surface area (Å²) < 4.78 is 0. The number of hydrogen-bond acceptors (Lipinski definition) is 0. The van der Waals surface area contributed by atoms with E-state index in [0.29, 0.717) is 0 Å². The van der Waals surface area contributed by atoms with Crippen LogP contribution in [-0.4, -0.2) is 24.6 Å². The van der Waals surface area contributed by atoms with Gasteiger partial charge >= 0.3 is 52.4 Å². The first kappa shape index (κ1) is 50.5. The number of halogens is 2. The van der Waals surface area contributed by atoms with Crippen LogP contribution in [0.1, 0.15) is 53.4 Å². The fourth-order valence-corrected chi connectivity index (χ4v) is 11.5. The third kappa shape index (κ3) is 15.1. The fraction of sp³-hybridized carbons (Fsp3) is 0.250. The van der Waals surface area contributed by atoms with Gasteiger partial charge in [-0.2, -0.15) is 47.2 Å². The van der Waals surface area contributed by atoms with Gasteiger partial charge in [-0.05, 0) is 24.6 Å². The van der Waals surface area contributed by atoms with Crippen molar-refractivity contribution in [2.45, 2.75) is 53.4 Å². The van der Waals surface area contributed by atoms with E-state index < -0.39 is 0 Å². The molecule has 0 aliphatic rings. The van der Waals surface area contributed by atoms with Gasteiger partial charge in [0.05, 0.1) is 0 Å². The topological polar surface area (TPSA) is 0 Å². The van der Waals surface area contributed by atoms with Crippen molar-refractivity contribution in [1.29, 1.82) is 0 Å². The minimum Gasteiger partial charge on any atom is -1.00 e. The van der Waals surface area contributed by atoms with Gasteiger partial charge in [0.25, 0.3) is 0 Å². The van der Waals surface area contributed by atoms with Crippen LogP contribution in [-0.2, 0) is 52.4 Å². The molecule has 8 rings (SSSR count). The van der Waals surface area contributed by atoms with Gasteiger partial charge in [0, 0.05) is 0 Å². The average molecular weight is 946 g/mol. The Kier molecular flexibility index (Phi) is 26.2. The Morgan fingerprint density at radius 1 is 0.389 bits per heavy atom. The van der Waals surface area contributed by atoms with Gasteiger partial charge in [0.2, 0.25) is 0 Å². The van der Waals surface area contributed by atoms with E-state index in [0.717, 1.165) is 0 Å². The summed E-state index contributed by atoms with van der Waals surface area (Å²) in [6, 6.07) is 56.4. The molecule has 54 heavy (non-hydrogen) atoms. The molecule has 280 valence electrons. The van der Waals surface area contributed by atoms with Gasteiger partial charge in [0.1, 0.15) is 0 Å². The molecule has 0 saturated carbocycles. The molecule has 0 spiro atoms. The fourth-order valence-electron chi connectivity index (χ4n) is 6.59. The van der Waals surface area contributed by atoms with E-state index in [2.05, 4.69) is 185 Å². The monoisotopic (exact) mass is 942 g/mol. The van der Waals surface area contributed by atoms with Crippen LogP contribution >= 0.6 is 15.8 Å². The largest absolute Gasteiger partial charge is 2.00 e. The zero-order valence-electron chi connectivity index (χ0n) is 32.3. The van der Waals surface area contributed by atoms with Crippen LogP contribution in [0.3, 0.4) is 0 Å². The van der Waals surface area contributed by atoms with Crippen LogP contribution in [0.4, 0.5) is 0 Å². The molecule has 0 heterocycles. The summed E-state index contributed by atoms with van der Waals surface area (Å²) in [5, 5.41) is 14.2. The summed E-state index contributed by atoms with van der Waals surface area (Å²) in [6.45, 7) is 9.20. The van der Waals surface area contributed by atoms with E-state index >= 15 is 0 Å². The van der Waals surface area contributed by atoms with Crippen LogP contribution in [0.2, 0.25) is 0 Å². The predicted octanol–water partition coefficient (Wildman–Crippen LogP) is 8.09. The van der Waals surface area contributed by atoms with Crippen LogP contribution in [0, 0.1) is 0 Å². The number of fused-ring (bicyclic) bond motifs is 4. The van der Waals surface area contributed by atoms with Crippen molar-refractivity contribution in [3.05, 3.63) is 158 Å². The van der Waals surface area contributed by atoms with Crippen molar-refractivity contribution in [2.75, 3.05) is 24.6 Å². The molecule has 0 saturated heterocycles. The second-order valence-corrected chi connectivity index (χ2v) is 17.9. The maximum Gasteiger partial charge on any atom is 2.00 e. The van der Waals surface area contributed by atoms with E-state index in [9.17, 15) is 0 Å². The molecule has 0 atom stereocenters. The first-order valence-electron chi connectivity index (χ1n) is 18.6. The Balaban J connectivity index is 0.000000362. The molecular formula is C48H54Cl2P2Zr2-2. The molecule has 6 heteroatoms. The van der Waals surface area contributed by atoms with Gasteiger partial charge in [-0.15, -0.1) is 140 Å². The molecule has 0 fully saturated rings. The number of benzene rings is 4. The van der Waals surface area contributed by atoms with E-state index in [4.69, 9.17) is 0 Å². The Bertz CT molecular complexity index is 1830. The van der Waals surface area contributed by atoms with Crippen LogP contribution in [0.5, 0.6) is 0 Å². The molecule has 0 amide bonds. The molecule has 0 aliphatic heterocycles. The number of rotatable bonds is 10. The van der Waals surface area contributed by atoms with Crippen molar-refractivity contribution >= 4 is 69.5 Å². The minimum absolute atomic E-state index is 0. The second-order valence-electron chi connectivity index (χ2n) is 13.0. The number of hydrogen-bond donors (Lipinski definition) is 0. The summed E-state index contributed by atoms with van der Waals surface area (Å²) in [4.78, 5) is 0. The molecule has 0 bridgehead atoms. The quantitative estimate of drug-likeness (QED) is 0.0962. The van der Waals surface area contributed by atoms with Crippen molar-refractivity contribution < 1.29 is 77.2 Å². The third-order valence-corrected chi connectivity index (χ3v) is 14.9. The first-order chi connectivity index (χ1) is 24.6. The normalized spacial score (nSPS) is 10.2. The van der Waals surface area contributed by atoms with E-state index in [1.165, 1.54) is 93.4 Å². The summed E-state index contributed by atoms with van der Waals surface area (Å²) in [6.07, 6.45) is 10.8. The smallest absolute Gasteiger partial charge is 1.00 e. The van der Waals surface area contributed by atoms with E-state index in [1.807, 2.05) is 0 Å². The Morgan fingerprint density at radius 2 is 0.685 bits per heavy atom. The average Bonchev–Trinajstić information content (AvgIpc) is 3.97. The van der Waals surface area contributed by atoms with Crippen molar-refractivity contribution in [2.24, 2.45) is 0 Å². The molecule has 0 radical (unpaired) electrons. The Labute approximate surface area is 378 Å². The Hall–Kier alpha value is -1.47. The Morgan fingerprint density at radius 3 is 0.981 bits per heavy atom. The molecule has 0 N–H and O–H groups in total. The summed E-state index contributed by atoms with van der Waals surface area (Å²) >= 11 is 0. The molecule has 8 aromatic carbocycles. The van der Waals surface area contributed by atoms with Crippen molar-refractivity contribution in [3.8, 4) is 0 Å². The second kappa shape index (κ2) is 28.0. The summed E-state index contributed by atoms with van der Waals surface area (Å²) in [5.41, 5.74) is 0. The molecule has 0 nitrogen and oxygen atoms in total. The van der Waals surface area contributed by atoms with Crippen LogP contribution in [0.15, 0.2) is 158 Å². The maximum atomic E-state index is 2.41. The SMILES string of the molecule is CCCP(CCC)c1cc2ccccc2[cH-]1.CCCP(CCC)c1cc2ccccc2[cH-]1.[Cl-].[Cl-].[Zr+2].[Zr+2].c1ccc2[cH-]ccc2c1.c1ccc2[cH-]ccc2c1. The summed E-state index contributed by atoms with van der Waals surface area (Å²) in [7, 11) is 0.194. The predicted molar refractivity (Wildman–Crippen MR) is 232 cm³/mol. The van der Waals surface area contributed by atoms with Gasteiger partial charge in [-0.1, -0.05) is 93.5 Å². The minimum atomic E-state index is 0. The first-order valence-corrected chi connectivity index (χ1v) is 22.1. The summed E-state index contributed by atoms with van der Waals surface area (Å²) in [5.74, 6) is 0. The van der Waals surface area contributed by atoms with Crippen LogP contribution < -0.4 is 35.4 Å². The molecule has 0 unspecified atom stereocenters. The third-order valence-electron chi connectivity index (χ3n) is 9.01. The molecule has 0 aromatic heterocycles. The van der Waals surface area contributed by atoms with Gasteiger partial charge in [-0.3, -0.25) is 0 Å². The standard InChI is InChI=1S/2C15H20P.2C9H7.2ClH.2Zr/c2*1-3-9-16(10-4-2)15-11-13-7-5-6-8-14(13)12-15;2*1-2-5-9-7-3-6-8(9)4-1;;;;/h2*5-8,11-12H,3-4,9-10H2,1-2H3;2*1-7H;2*1H;;/q4*-1;;;2*+2/p-2. The van der Waals surface area contributed by atoms with Gasteiger partial charge in [0.15, 0.2) is 0 Å². The van der Waals surface area contributed by atoms with E-state index in [1.54, 1.807) is 10.6 Å². The van der Waals surface area contributed by atoms with Crippen LogP contribution in [0.25, 0.3) is 43.1 Å². The molecule has 0 aliphatic carbocycles. The maximum absolute atomic E-state index is 2.41. The van der Waals surface area contributed by atoms with Crippen molar-refractivity contribution in [3.63, 3.8) is 0 Å². The molecule has 8 aromatic rings. The zero-order valence-corrected chi connectivity index (χ0v) is 40.5. The zero-order chi connectivity index (χ0) is 35.0. The molecular weight excluding hydrogens is 892 g/mol.